The number of hydrogen-bond acceptors (Lipinski definition) is 2. The van der Waals surface area contributed by atoms with Crippen LogP contribution >= 0.6 is 28.1 Å². The molecule has 0 aliphatic carbocycles. The van der Waals surface area contributed by atoms with E-state index in [4.69, 9.17) is 12.2 Å². The van der Waals surface area contributed by atoms with Crippen molar-refractivity contribution in [3.63, 3.8) is 0 Å². The Labute approximate surface area is 125 Å². The van der Waals surface area contributed by atoms with Gasteiger partial charge in [0.05, 0.1) is 4.47 Å². The van der Waals surface area contributed by atoms with E-state index >= 15 is 0 Å². The third kappa shape index (κ3) is 3.28. The Kier molecular flexibility index (Phi) is 4.47. The average Bonchev–Trinajstić information content (AvgIpc) is 2.33. The minimum absolute atomic E-state index is 0.268. The van der Waals surface area contributed by atoms with E-state index in [2.05, 4.69) is 32.8 Å². The van der Waals surface area contributed by atoms with Crippen LogP contribution in [0, 0.1) is 17.4 Å². The molecule has 1 aromatic heterocycles. The van der Waals surface area contributed by atoms with Gasteiger partial charge >= 0.3 is 0 Å². The summed E-state index contributed by atoms with van der Waals surface area (Å²) in [5, 5.41) is 0. The molecule has 0 aliphatic rings. The number of rotatable bonds is 3. The standard InChI is InChI=1S/C14H14BrFN2S/c1-3-4-11-12(15)14(19)18-13(17-11)9-5-8(2)6-10(16)7-9/h5-7H,3-4H2,1-2H3,(H,17,18,19). The van der Waals surface area contributed by atoms with E-state index in [0.29, 0.717) is 16.0 Å². The monoisotopic (exact) mass is 340 g/mol. The Morgan fingerprint density at radius 3 is 2.74 bits per heavy atom. The molecule has 0 spiro atoms. The van der Waals surface area contributed by atoms with Crippen LogP contribution in [-0.4, -0.2) is 9.97 Å². The first kappa shape index (κ1) is 14.3. The molecule has 0 aliphatic heterocycles. The van der Waals surface area contributed by atoms with Gasteiger partial charge in [-0.2, -0.15) is 0 Å². The van der Waals surface area contributed by atoms with Gasteiger partial charge in [-0.1, -0.05) is 25.6 Å². The van der Waals surface area contributed by atoms with Crippen molar-refractivity contribution in [2.45, 2.75) is 26.7 Å². The van der Waals surface area contributed by atoms with Gasteiger partial charge in [0.1, 0.15) is 16.3 Å². The van der Waals surface area contributed by atoms with Gasteiger partial charge in [0.2, 0.25) is 0 Å². The highest BCUT2D eigenvalue weighted by Crippen LogP contribution is 2.23. The van der Waals surface area contributed by atoms with Crippen LogP contribution in [0.5, 0.6) is 0 Å². The summed E-state index contributed by atoms with van der Waals surface area (Å²) in [5.41, 5.74) is 2.57. The fraction of sp³-hybridized carbons (Fsp3) is 0.286. The first-order chi connectivity index (χ1) is 9.01. The molecule has 2 rings (SSSR count). The summed E-state index contributed by atoms with van der Waals surface area (Å²) >= 11 is 8.68. The molecule has 0 fully saturated rings. The first-order valence-electron chi connectivity index (χ1n) is 6.07. The Morgan fingerprint density at radius 2 is 2.11 bits per heavy atom. The fourth-order valence-electron chi connectivity index (χ4n) is 1.94. The smallest absolute Gasteiger partial charge is 0.144 e. The quantitative estimate of drug-likeness (QED) is 0.799. The second-order valence-corrected chi connectivity index (χ2v) is 5.63. The molecule has 0 amide bonds. The summed E-state index contributed by atoms with van der Waals surface area (Å²) in [7, 11) is 0. The second kappa shape index (κ2) is 5.92. The van der Waals surface area contributed by atoms with Crippen molar-refractivity contribution in [3.8, 4) is 11.4 Å². The molecule has 5 heteroatoms. The summed E-state index contributed by atoms with van der Waals surface area (Å²) in [6, 6.07) is 4.84. The molecule has 1 aromatic carbocycles. The number of aromatic nitrogens is 2. The molecule has 1 heterocycles. The molecule has 0 atom stereocenters. The Morgan fingerprint density at radius 1 is 1.37 bits per heavy atom. The Balaban J connectivity index is 2.59. The minimum atomic E-state index is -0.268. The molecule has 0 bridgehead atoms. The van der Waals surface area contributed by atoms with Crippen LogP contribution in [0.2, 0.25) is 0 Å². The zero-order chi connectivity index (χ0) is 14.0. The molecular weight excluding hydrogens is 327 g/mol. The molecule has 0 saturated carbocycles. The highest BCUT2D eigenvalue weighted by Gasteiger charge is 2.09. The topological polar surface area (TPSA) is 28.7 Å². The molecule has 19 heavy (non-hydrogen) atoms. The predicted molar refractivity (Wildman–Crippen MR) is 81.2 cm³/mol. The van der Waals surface area contributed by atoms with Crippen molar-refractivity contribution >= 4 is 28.1 Å². The van der Waals surface area contributed by atoms with Crippen LogP contribution in [0.15, 0.2) is 22.7 Å². The largest absolute Gasteiger partial charge is 0.342 e. The molecular formula is C14H14BrFN2S. The number of H-pyrrole nitrogens is 1. The predicted octanol–water partition coefficient (Wildman–Crippen LogP) is 4.97. The van der Waals surface area contributed by atoms with E-state index in [0.717, 1.165) is 28.6 Å². The zero-order valence-corrected chi connectivity index (χ0v) is 13.2. The van der Waals surface area contributed by atoms with Crippen LogP contribution < -0.4 is 0 Å². The number of aryl methyl sites for hydroxylation is 2. The van der Waals surface area contributed by atoms with Crippen molar-refractivity contribution < 1.29 is 4.39 Å². The maximum atomic E-state index is 13.5. The van der Waals surface area contributed by atoms with E-state index in [1.54, 1.807) is 0 Å². The second-order valence-electron chi connectivity index (χ2n) is 4.45. The SMILES string of the molecule is CCCc1[nH]c(-c2cc(C)cc(F)c2)nc(=S)c1Br. The summed E-state index contributed by atoms with van der Waals surface area (Å²) in [5.74, 6) is 0.343. The highest BCUT2D eigenvalue weighted by atomic mass is 79.9. The van der Waals surface area contributed by atoms with Gasteiger partial charge in [-0.3, -0.25) is 0 Å². The maximum Gasteiger partial charge on any atom is 0.144 e. The van der Waals surface area contributed by atoms with Gasteiger partial charge < -0.3 is 4.98 Å². The van der Waals surface area contributed by atoms with E-state index in [-0.39, 0.29) is 5.82 Å². The molecule has 0 saturated heterocycles. The third-order valence-electron chi connectivity index (χ3n) is 2.75. The lowest BCUT2D eigenvalue weighted by molar-refractivity contribution is 0.627. The molecule has 0 radical (unpaired) electrons. The van der Waals surface area contributed by atoms with Crippen LogP contribution in [0.3, 0.4) is 0 Å². The fourth-order valence-corrected chi connectivity index (χ4v) is 2.54. The average molecular weight is 341 g/mol. The lowest BCUT2D eigenvalue weighted by Crippen LogP contribution is -1.99. The Bertz CT molecular complexity index is 647. The van der Waals surface area contributed by atoms with Gasteiger partial charge in [-0.15, -0.1) is 0 Å². The zero-order valence-electron chi connectivity index (χ0n) is 10.8. The van der Waals surface area contributed by atoms with Gasteiger partial charge in [0.15, 0.2) is 0 Å². The molecule has 0 unspecified atom stereocenters. The van der Waals surface area contributed by atoms with Crippen LogP contribution in [0.25, 0.3) is 11.4 Å². The van der Waals surface area contributed by atoms with Crippen LogP contribution in [-0.2, 0) is 6.42 Å². The van der Waals surface area contributed by atoms with Gasteiger partial charge in [-0.25, -0.2) is 9.37 Å². The van der Waals surface area contributed by atoms with Crippen LogP contribution in [0.1, 0.15) is 24.6 Å². The minimum Gasteiger partial charge on any atom is -0.342 e. The number of nitrogens with zero attached hydrogens (tertiary/aromatic N) is 1. The molecule has 2 aromatic rings. The van der Waals surface area contributed by atoms with Crippen molar-refractivity contribution in [2.24, 2.45) is 0 Å². The number of benzene rings is 1. The first-order valence-corrected chi connectivity index (χ1v) is 7.27. The highest BCUT2D eigenvalue weighted by molar-refractivity contribution is 9.10. The number of nitrogens with one attached hydrogen (secondary N) is 1. The third-order valence-corrected chi connectivity index (χ3v) is 4.16. The van der Waals surface area contributed by atoms with Crippen molar-refractivity contribution in [3.05, 3.63) is 44.4 Å². The van der Waals surface area contributed by atoms with Gasteiger partial charge in [0.25, 0.3) is 0 Å². The Hall–Kier alpha value is -1.07. The summed E-state index contributed by atoms with van der Waals surface area (Å²) < 4.78 is 14.8. The van der Waals surface area contributed by atoms with E-state index in [1.807, 2.05) is 13.0 Å². The lowest BCUT2D eigenvalue weighted by atomic mass is 10.1. The normalized spacial score (nSPS) is 10.7. The van der Waals surface area contributed by atoms with Crippen molar-refractivity contribution in [1.82, 2.24) is 9.97 Å². The summed E-state index contributed by atoms with van der Waals surface area (Å²) in [6.45, 7) is 3.95. The van der Waals surface area contributed by atoms with E-state index in [9.17, 15) is 4.39 Å². The molecule has 100 valence electrons. The van der Waals surface area contributed by atoms with Crippen molar-refractivity contribution in [1.29, 1.82) is 0 Å². The molecule has 1 N–H and O–H groups in total. The van der Waals surface area contributed by atoms with Gasteiger partial charge in [0, 0.05) is 11.3 Å². The lowest BCUT2D eigenvalue weighted by Gasteiger charge is -2.08. The van der Waals surface area contributed by atoms with E-state index in [1.165, 1.54) is 12.1 Å². The number of hydrogen-bond donors (Lipinski definition) is 1. The summed E-state index contributed by atoms with van der Waals surface area (Å²) in [6.07, 6.45) is 1.86. The molecule has 2 nitrogen and oxygen atoms in total. The van der Waals surface area contributed by atoms with Gasteiger partial charge in [-0.05, 0) is 53.0 Å². The van der Waals surface area contributed by atoms with Crippen molar-refractivity contribution in [2.75, 3.05) is 0 Å². The van der Waals surface area contributed by atoms with Crippen LogP contribution in [0.4, 0.5) is 4.39 Å². The summed E-state index contributed by atoms with van der Waals surface area (Å²) in [4.78, 5) is 7.55. The maximum absolute atomic E-state index is 13.5. The van der Waals surface area contributed by atoms with E-state index < -0.39 is 0 Å². The number of aromatic amines is 1. The number of halogens is 2.